The Kier molecular flexibility index (Phi) is 3.07. The number of aliphatic hydroxyl groups is 1. The van der Waals surface area contributed by atoms with Gasteiger partial charge in [-0.2, -0.15) is 0 Å². The zero-order valence-corrected chi connectivity index (χ0v) is 9.31. The Morgan fingerprint density at radius 2 is 1.47 bits per heavy atom. The maximum absolute atomic E-state index is 12.9. The fourth-order valence-corrected chi connectivity index (χ4v) is 1.80. The first-order chi connectivity index (χ1) is 8.16. The van der Waals surface area contributed by atoms with E-state index < -0.39 is 5.60 Å². The van der Waals surface area contributed by atoms with Gasteiger partial charge in [0.25, 0.3) is 0 Å². The zero-order chi connectivity index (χ0) is 12.3. The van der Waals surface area contributed by atoms with Gasteiger partial charge in [-0.25, -0.2) is 4.39 Å². The average molecular weight is 228 g/mol. The lowest BCUT2D eigenvalue weighted by Gasteiger charge is -2.25. The molecule has 2 aromatic carbocycles. The van der Waals surface area contributed by atoms with Crippen LogP contribution in [0.1, 0.15) is 11.1 Å². The molecular weight excluding hydrogens is 215 g/mol. The van der Waals surface area contributed by atoms with Crippen LogP contribution in [0.5, 0.6) is 0 Å². The highest BCUT2D eigenvalue weighted by molar-refractivity contribution is 5.40. The number of halogens is 1. The van der Waals surface area contributed by atoms with Gasteiger partial charge in [-0.05, 0) is 23.3 Å². The number of benzene rings is 2. The molecule has 0 bridgehead atoms. The predicted octanol–water partition coefficient (Wildman–Crippen LogP) is 3.25. The molecular formula is C15H13FO. The first kappa shape index (κ1) is 11.6. The van der Waals surface area contributed by atoms with Crippen LogP contribution in [0.4, 0.5) is 4.39 Å². The summed E-state index contributed by atoms with van der Waals surface area (Å²) in [5.74, 6) is -0.326. The van der Waals surface area contributed by atoms with Crippen LogP contribution < -0.4 is 0 Å². The summed E-state index contributed by atoms with van der Waals surface area (Å²) in [5.41, 5.74) is 0.0244. The fraction of sp³-hybridized carbons (Fsp3) is 0.0667. The third-order valence-corrected chi connectivity index (χ3v) is 2.79. The van der Waals surface area contributed by atoms with Crippen LogP contribution in [0.15, 0.2) is 67.3 Å². The third-order valence-electron chi connectivity index (χ3n) is 2.79. The van der Waals surface area contributed by atoms with E-state index in [0.717, 1.165) is 0 Å². The van der Waals surface area contributed by atoms with Crippen molar-refractivity contribution in [3.05, 3.63) is 84.2 Å². The molecule has 0 fully saturated rings. The van der Waals surface area contributed by atoms with E-state index in [9.17, 15) is 9.50 Å². The van der Waals surface area contributed by atoms with Crippen molar-refractivity contribution in [2.24, 2.45) is 0 Å². The van der Waals surface area contributed by atoms with Crippen LogP contribution in [-0.2, 0) is 5.60 Å². The second-order valence-corrected chi connectivity index (χ2v) is 3.84. The monoisotopic (exact) mass is 228 g/mol. The molecule has 0 saturated carbocycles. The molecule has 1 nitrogen and oxygen atoms in total. The summed E-state index contributed by atoms with van der Waals surface area (Å²) < 4.78 is 12.9. The highest BCUT2D eigenvalue weighted by Gasteiger charge is 2.27. The molecule has 0 saturated heterocycles. The van der Waals surface area contributed by atoms with Gasteiger partial charge in [0.1, 0.15) is 11.4 Å². The van der Waals surface area contributed by atoms with Crippen molar-refractivity contribution in [1.82, 2.24) is 0 Å². The molecule has 0 radical (unpaired) electrons. The Balaban J connectivity index is 2.51. The minimum Gasteiger partial charge on any atom is -0.377 e. The van der Waals surface area contributed by atoms with E-state index in [0.29, 0.717) is 11.1 Å². The van der Waals surface area contributed by atoms with Crippen LogP contribution >= 0.6 is 0 Å². The lowest BCUT2D eigenvalue weighted by Crippen LogP contribution is -2.24. The van der Waals surface area contributed by atoms with Crippen molar-refractivity contribution >= 4 is 0 Å². The summed E-state index contributed by atoms with van der Waals surface area (Å²) in [4.78, 5) is 0. The molecule has 86 valence electrons. The van der Waals surface area contributed by atoms with Crippen molar-refractivity contribution in [3.63, 3.8) is 0 Å². The number of hydrogen-bond donors (Lipinski definition) is 1. The van der Waals surface area contributed by atoms with E-state index in [1.54, 1.807) is 12.1 Å². The molecule has 1 atom stereocenters. The molecule has 2 aromatic rings. The Bertz CT molecular complexity index is 504. The van der Waals surface area contributed by atoms with E-state index in [2.05, 4.69) is 6.58 Å². The fourth-order valence-electron chi connectivity index (χ4n) is 1.80. The highest BCUT2D eigenvalue weighted by atomic mass is 19.1. The van der Waals surface area contributed by atoms with E-state index >= 15 is 0 Å². The van der Waals surface area contributed by atoms with Crippen molar-refractivity contribution in [1.29, 1.82) is 0 Å². The van der Waals surface area contributed by atoms with Crippen molar-refractivity contribution in [2.45, 2.75) is 5.60 Å². The van der Waals surface area contributed by atoms with Gasteiger partial charge in [0.2, 0.25) is 0 Å². The second-order valence-electron chi connectivity index (χ2n) is 3.84. The molecule has 0 amide bonds. The second kappa shape index (κ2) is 4.52. The topological polar surface area (TPSA) is 20.2 Å². The Morgan fingerprint density at radius 3 is 2.00 bits per heavy atom. The minimum atomic E-state index is -1.28. The van der Waals surface area contributed by atoms with Gasteiger partial charge in [0.15, 0.2) is 0 Å². The predicted molar refractivity (Wildman–Crippen MR) is 66.0 cm³/mol. The van der Waals surface area contributed by atoms with Crippen molar-refractivity contribution in [3.8, 4) is 0 Å². The summed E-state index contributed by atoms with van der Waals surface area (Å²) >= 11 is 0. The van der Waals surface area contributed by atoms with E-state index in [1.165, 1.54) is 18.2 Å². The first-order valence-corrected chi connectivity index (χ1v) is 5.34. The molecule has 0 aromatic heterocycles. The zero-order valence-electron chi connectivity index (χ0n) is 9.31. The van der Waals surface area contributed by atoms with Crippen LogP contribution in [0, 0.1) is 5.82 Å². The van der Waals surface area contributed by atoms with Gasteiger partial charge in [-0.1, -0.05) is 55.1 Å². The standard InChI is InChI=1S/C15H13FO/c1-2-15(17,12-6-4-3-5-7-12)13-8-10-14(16)11-9-13/h2-11,17H,1H2. The summed E-state index contributed by atoms with van der Waals surface area (Å²) in [6, 6.07) is 14.9. The molecule has 0 aliphatic carbocycles. The van der Waals surface area contributed by atoms with Crippen LogP contribution in [0.25, 0.3) is 0 Å². The maximum atomic E-state index is 12.9. The summed E-state index contributed by atoms with van der Waals surface area (Å²) in [6.07, 6.45) is 1.45. The van der Waals surface area contributed by atoms with Gasteiger partial charge in [0.05, 0.1) is 0 Å². The summed E-state index contributed by atoms with van der Waals surface area (Å²) in [5, 5.41) is 10.6. The third kappa shape index (κ3) is 2.12. The van der Waals surface area contributed by atoms with Crippen LogP contribution in [0.2, 0.25) is 0 Å². The molecule has 2 heteroatoms. The molecule has 17 heavy (non-hydrogen) atoms. The van der Waals surface area contributed by atoms with E-state index in [-0.39, 0.29) is 5.82 Å². The Labute approximate surface area is 99.9 Å². The molecule has 0 aliphatic heterocycles. The van der Waals surface area contributed by atoms with E-state index in [4.69, 9.17) is 0 Å². The molecule has 1 unspecified atom stereocenters. The average Bonchev–Trinajstić information content (AvgIpc) is 2.40. The normalized spacial score (nSPS) is 14.0. The van der Waals surface area contributed by atoms with Gasteiger partial charge in [-0.3, -0.25) is 0 Å². The number of rotatable bonds is 3. The smallest absolute Gasteiger partial charge is 0.133 e. The molecule has 2 rings (SSSR count). The van der Waals surface area contributed by atoms with E-state index in [1.807, 2.05) is 30.3 Å². The summed E-state index contributed by atoms with van der Waals surface area (Å²) in [6.45, 7) is 3.66. The largest absolute Gasteiger partial charge is 0.377 e. The Morgan fingerprint density at radius 1 is 0.941 bits per heavy atom. The van der Waals surface area contributed by atoms with Gasteiger partial charge in [-0.15, -0.1) is 0 Å². The minimum absolute atomic E-state index is 0.326. The van der Waals surface area contributed by atoms with Crippen LogP contribution in [-0.4, -0.2) is 5.11 Å². The molecule has 0 aliphatic rings. The quantitative estimate of drug-likeness (QED) is 0.799. The number of hydrogen-bond acceptors (Lipinski definition) is 1. The first-order valence-electron chi connectivity index (χ1n) is 5.34. The van der Waals surface area contributed by atoms with Crippen molar-refractivity contribution in [2.75, 3.05) is 0 Å². The highest BCUT2D eigenvalue weighted by Crippen LogP contribution is 2.30. The lowest BCUT2D eigenvalue weighted by atomic mass is 9.86. The van der Waals surface area contributed by atoms with Crippen molar-refractivity contribution < 1.29 is 9.50 Å². The SMILES string of the molecule is C=CC(O)(c1ccccc1)c1ccc(F)cc1. The molecule has 1 N–H and O–H groups in total. The maximum Gasteiger partial charge on any atom is 0.133 e. The molecule has 0 spiro atoms. The van der Waals surface area contributed by atoms with Crippen LogP contribution in [0.3, 0.4) is 0 Å². The summed E-state index contributed by atoms with van der Waals surface area (Å²) in [7, 11) is 0. The van der Waals surface area contributed by atoms with Gasteiger partial charge in [0, 0.05) is 0 Å². The van der Waals surface area contributed by atoms with Gasteiger partial charge >= 0.3 is 0 Å². The Hall–Kier alpha value is -1.93. The molecule has 0 heterocycles. The lowest BCUT2D eigenvalue weighted by molar-refractivity contribution is 0.135. The van der Waals surface area contributed by atoms with Gasteiger partial charge < -0.3 is 5.11 Å².